The third-order valence-corrected chi connectivity index (χ3v) is 4.32. The normalized spacial score (nSPS) is 26.6. The van der Waals surface area contributed by atoms with Crippen LogP contribution >= 0.6 is 11.3 Å². The van der Waals surface area contributed by atoms with Crippen molar-refractivity contribution in [2.24, 2.45) is 0 Å². The van der Waals surface area contributed by atoms with Crippen LogP contribution in [0, 0.1) is 0 Å². The molecule has 2 rings (SSSR count). The van der Waals surface area contributed by atoms with Crippen molar-refractivity contribution in [3.05, 3.63) is 22.4 Å². The fraction of sp³-hybridized carbons (Fsp3) is 0.692. The van der Waals surface area contributed by atoms with Crippen molar-refractivity contribution in [3.63, 3.8) is 0 Å². The average molecular weight is 240 g/mol. The van der Waals surface area contributed by atoms with E-state index in [0.29, 0.717) is 0 Å². The van der Waals surface area contributed by atoms with Crippen LogP contribution in [0.1, 0.15) is 45.4 Å². The van der Waals surface area contributed by atoms with Gasteiger partial charge in [-0.05, 0) is 39.1 Å². The predicted octanol–water partition coefficient (Wildman–Crippen LogP) is 1.85. The molecular formula is C13H22NOS+. The van der Waals surface area contributed by atoms with Crippen LogP contribution in [-0.2, 0) is 5.60 Å². The standard InChI is InChI=1S/C13H21NOS/c1-11(2)8-13(15,9-12(3,4)14-11)10-6-5-7-16-10/h5-7,14-15H,8-9H2,1-4H3/p+1. The molecule has 3 N–H and O–H groups in total. The fourth-order valence-corrected chi connectivity index (χ4v) is 4.27. The lowest BCUT2D eigenvalue weighted by Crippen LogP contribution is -3.06. The van der Waals surface area contributed by atoms with Crippen LogP contribution in [0.2, 0.25) is 0 Å². The zero-order chi connectivity index (χ0) is 12.0. The maximum absolute atomic E-state index is 10.9. The predicted molar refractivity (Wildman–Crippen MR) is 67.5 cm³/mol. The molecule has 1 aromatic heterocycles. The van der Waals surface area contributed by atoms with Crippen LogP contribution in [0.4, 0.5) is 0 Å². The van der Waals surface area contributed by atoms with E-state index in [0.717, 1.165) is 17.7 Å². The number of aliphatic hydroxyl groups is 1. The summed E-state index contributed by atoms with van der Waals surface area (Å²) in [6.45, 7) is 8.86. The molecule has 0 spiro atoms. The first-order valence-electron chi connectivity index (χ1n) is 5.86. The van der Waals surface area contributed by atoms with Gasteiger partial charge in [-0.2, -0.15) is 0 Å². The lowest BCUT2D eigenvalue weighted by molar-refractivity contribution is -0.793. The maximum atomic E-state index is 10.9. The molecule has 0 bridgehead atoms. The number of piperidine rings is 1. The highest BCUT2D eigenvalue weighted by Crippen LogP contribution is 2.40. The average Bonchev–Trinajstić information content (AvgIpc) is 2.46. The summed E-state index contributed by atoms with van der Waals surface area (Å²) in [5, 5.41) is 15.3. The van der Waals surface area contributed by atoms with Crippen molar-refractivity contribution >= 4 is 11.3 Å². The van der Waals surface area contributed by atoms with Gasteiger partial charge >= 0.3 is 0 Å². The van der Waals surface area contributed by atoms with Crippen LogP contribution in [-0.4, -0.2) is 16.2 Å². The molecule has 90 valence electrons. The Balaban J connectivity index is 2.35. The zero-order valence-corrected chi connectivity index (χ0v) is 11.4. The van der Waals surface area contributed by atoms with Gasteiger partial charge in [0, 0.05) is 17.7 Å². The third-order valence-electron chi connectivity index (χ3n) is 3.26. The minimum Gasteiger partial charge on any atom is -0.384 e. The minimum absolute atomic E-state index is 0.0977. The Kier molecular flexibility index (Phi) is 2.69. The molecule has 1 aliphatic rings. The first-order chi connectivity index (χ1) is 7.23. The summed E-state index contributed by atoms with van der Waals surface area (Å²) in [5.74, 6) is 0. The Labute approximate surface area is 102 Å². The molecule has 0 saturated carbocycles. The van der Waals surface area contributed by atoms with Gasteiger partial charge in [0.1, 0.15) is 5.60 Å². The van der Waals surface area contributed by atoms with Crippen LogP contribution in [0.15, 0.2) is 17.5 Å². The molecule has 2 nitrogen and oxygen atoms in total. The summed E-state index contributed by atoms with van der Waals surface area (Å²) in [6, 6.07) is 4.08. The van der Waals surface area contributed by atoms with E-state index in [1.165, 1.54) is 0 Å². The minimum atomic E-state index is -0.643. The molecule has 1 aliphatic heterocycles. The summed E-state index contributed by atoms with van der Waals surface area (Å²) in [5.41, 5.74) is -0.448. The number of hydrogen-bond donors (Lipinski definition) is 2. The molecule has 1 fully saturated rings. The van der Waals surface area contributed by atoms with Crippen molar-refractivity contribution in [1.29, 1.82) is 0 Å². The van der Waals surface area contributed by atoms with Crippen molar-refractivity contribution in [3.8, 4) is 0 Å². The van der Waals surface area contributed by atoms with Gasteiger partial charge in [-0.15, -0.1) is 11.3 Å². The number of hydrogen-bond acceptors (Lipinski definition) is 2. The van der Waals surface area contributed by atoms with Gasteiger partial charge in [0.25, 0.3) is 0 Å². The maximum Gasteiger partial charge on any atom is 0.111 e. The number of nitrogens with two attached hydrogens (primary N) is 1. The van der Waals surface area contributed by atoms with Gasteiger partial charge in [0.05, 0.1) is 11.1 Å². The second-order valence-corrected chi connectivity index (χ2v) is 7.43. The van der Waals surface area contributed by atoms with E-state index in [1.807, 2.05) is 11.4 Å². The molecule has 0 radical (unpaired) electrons. The summed E-state index contributed by atoms with van der Waals surface area (Å²) in [6.07, 6.45) is 1.65. The number of rotatable bonds is 1. The van der Waals surface area contributed by atoms with E-state index < -0.39 is 5.60 Å². The van der Waals surface area contributed by atoms with Crippen molar-refractivity contribution < 1.29 is 10.4 Å². The molecule has 2 heterocycles. The van der Waals surface area contributed by atoms with E-state index in [4.69, 9.17) is 0 Å². The van der Waals surface area contributed by atoms with E-state index in [-0.39, 0.29) is 11.1 Å². The summed E-state index contributed by atoms with van der Waals surface area (Å²) in [4.78, 5) is 1.11. The Hall–Kier alpha value is -0.380. The molecule has 1 aromatic rings. The van der Waals surface area contributed by atoms with Crippen LogP contribution in [0.25, 0.3) is 0 Å². The summed E-state index contributed by atoms with van der Waals surface area (Å²) in [7, 11) is 0. The highest BCUT2D eigenvalue weighted by molar-refractivity contribution is 7.10. The molecule has 0 atom stereocenters. The van der Waals surface area contributed by atoms with Crippen LogP contribution in [0.5, 0.6) is 0 Å². The van der Waals surface area contributed by atoms with Crippen molar-refractivity contribution in [2.45, 2.75) is 57.2 Å². The fourth-order valence-electron chi connectivity index (χ4n) is 3.45. The van der Waals surface area contributed by atoms with E-state index in [1.54, 1.807) is 11.3 Å². The summed E-state index contributed by atoms with van der Waals surface area (Å²) >= 11 is 1.67. The van der Waals surface area contributed by atoms with Gasteiger partial charge in [0.15, 0.2) is 0 Å². The SMILES string of the molecule is CC1(C)CC(O)(c2cccs2)CC(C)(C)[NH2+]1. The monoisotopic (exact) mass is 240 g/mol. The third kappa shape index (κ3) is 2.31. The Morgan fingerprint density at radius 1 is 1.19 bits per heavy atom. The quantitative estimate of drug-likeness (QED) is 0.772. The molecule has 0 unspecified atom stereocenters. The first kappa shape index (κ1) is 12.1. The molecule has 0 aliphatic carbocycles. The van der Waals surface area contributed by atoms with E-state index >= 15 is 0 Å². The number of quaternary nitrogens is 1. The van der Waals surface area contributed by atoms with Crippen molar-refractivity contribution in [1.82, 2.24) is 0 Å². The molecule has 3 heteroatoms. The Bertz CT molecular complexity index is 351. The van der Waals surface area contributed by atoms with Gasteiger partial charge in [-0.25, -0.2) is 0 Å². The lowest BCUT2D eigenvalue weighted by atomic mass is 9.72. The largest absolute Gasteiger partial charge is 0.384 e. The van der Waals surface area contributed by atoms with Crippen molar-refractivity contribution in [2.75, 3.05) is 0 Å². The van der Waals surface area contributed by atoms with E-state index in [2.05, 4.69) is 39.1 Å². The summed E-state index contributed by atoms with van der Waals surface area (Å²) < 4.78 is 0. The second kappa shape index (κ2) is 3.56. The van der Waals surface area contributed by atoms with Gasteiger partial charge in [-0.1, -0.05) is 6.07 Å². The number of thiophene rings is 1. The molecule has 1 saturated heterocycles. The van der Waals surface area contributed by atoms with E-state index in [9.17, 15) is 5.11 Å². The molecule has 0 amide bonds. The zero-order valence-electron chi connectivity index (χ0n) is 10.6. The molecular weight excluding hydrogens is 218 g/mol. The van der Waals surface area contributed by atoms with Gasteiger partial charge < -0.3 is 10.4 Å². The highest BCUT2D eigenvalue weighted by Gasteiger charge is 2.50. The first-order valence-corrected chi connectivity index (χ1v) is 6.74. The topological polar surface area (TPSA) is 36.8 Å². The lowest BCUT2D eigenvalue weighted by Gasteiger charge is -2.47. The smallest absolute Gasteiger partial charge is 0.111 e. The van der Waals surface area contributed by atoms with Crippen LogP contribution < -0.4 is 5.32 Å². The molecule has 0 aromatic carbocycles. The van der Waals surface area contributed by atoms with Gasteiger partial charge in [-0.3, -0.25) is 0 Å². The molecule has 16 heavy (non-hydrogen) atoms. The Morgan fingerprint density at radius 3 is 2.19 bits per heavy atom. The highest BCUT2D eigenvalue weighted by atomic mass is 32.1. The second-order valence-electron chi connectivity index (χ2n) is 6.48. The Morgan fingerprint density at radius 2 is 1.75 bits per heavy atom. The van der Waals surface area contributed by atoms with Crippen LogP contribution in [0.3, 0.4) is 0 Å². The van der Waals surface area contributed by atoms with Gasteiger partial charge in [0.2, 0.25) is 0 Å².